The third-order valence-electron chi connectivity index (χ3n) is 15.7. The van der Waals surface area contributed by atoms with E-state index in [-0.39, 0.29) is 36.6 Å². The minimum absolute atomic E-state index is 0.0321. The van der Waals surface area contributed by atoms with Crippen molar-refractivity contribution in [2.24, 2.45) is 33.9 Å². The van der Waals surface area contributed by atoms with E-state index in [9.17, 15) is 47.4 Å². The Kier molecular flexibility index (Phi) is 21.1. The SMILES string of the molecule is CC(=O)O[C@@H]([C@@H](C)[C@@H](CC[C@H](C)[C@H](O)[C@H](C)[C@@H](O)CCOC(=O)[C@H](CCCCNC(=O)c1ccc(C2(C(F)(F)F)N=N2)cc1)N(C)Cc1ccc2ccc3cccc4ccc1c2c34)OC(=O)C(C)N(C)C)[C@H](C)/C=C/N(C)C=O. The van der Waals surface area contributed by atoms with Crippen molar-refractivity contribution in [2.45, 2.75) is 135 Å². The van der Waals surface area contributed by atoms with E-state index in [1.807, 2.05) is 38.8 Å². The smallest absolute Gasteiger partial charge is 0.442 e. The van der Waals surface area contributed by atoms with Gasteiger partial charge >= 0.3 is 29.7 Å². The number of hydrogen-bond acceptors (Lipinski definition) is 14. The molecule has 0 fully saturated rings. The molecule has 2 amide bonds. The quantitative estimate of drug-likeness (QED) is 0.0130. The number of ether oxygens (including phenoxy) is 3. The number of rotatable bonds is 30. The Hall–Kier alpha value is -6.54. The molecule has 0 aliphatic carbocycles. The van der Waals surface area contributed by atoms with Crippen LogP contribution in [0, 0.1) is 23.7 Å². The molecule has 1 unspecified atom stereocenters. The van der Waals surface area contributed by atoms with Crippen molar-refractivity contribution in [1.82, 2.24) is 20.0 Å². The van der Waals surface area contributed by atoms with Gasteiger partial charge in [-0.15, -0.1) is 10.2 Å². The van der Waals surface area contributed by atoms with Crippen LogP contribution >= 0.6 is 0 Å². The fourth-order valence-corrected chi connectivity index (χ4v) is 10.3. The molecule has 1 aliphatic heterocycles. The molecular formula is C60H77F3N6O10. The zero-order valence-corrected chi connectivity index (χ0v) is 46.9. The molecule has 1 aliphatic rings. The molecule has 5 aromatic carbocycles. The standard InChI is InChI=1S/C60H77F3N6O10/c1-36(17-28-51(79-57(75)40(5)67(7)8)39(4)55(78-41(6)71)37(2)29-32-68(9)35-70)54(73)38(3)50(72)30-33-77-58(76)49(16-11-12-31-64-56(74)45-22-25-47(26-23-45)59(65-66-59)60(61,62)63)69(10)34-46-21-20-44-19-18-42-14-13-15-43-24-27-48(46)53(44)52(42)43/h13-15,18-27,29,32,35-40,49-51,54-55,72-73H,11-12,16-17,28,30-31,33-34H2,1-10H3,(H,64,74)/b32-29+/t36-,37+,38+,39-,40?,49-,50-,51+,54-,55+/m0/s1. The fourth-order valence-electron chi connectivity index (χ4n) is 10.3. The molecule has 0 saturated heterocycles. The molecule has 0 bridgehead atoms. The van der Waals surface area contributed by atoms with Crippen LogP contribution in [0.3, 0.4) is 0 Å². The Morgan fingerprint density at radius 2 is 1.39 bits per heavy atom. The lowest BCUT2D eigenvalue weighted by Gasteiger charge is -2.35. The second-order valence-electron chi connectivity index (χ2n) is 21.7. The molecule has 3 N–H and O–H groups in total. The number of alkyl halides is 3. The van der Waals surface area contributed by atoms with Crippen LogP contribution in [0.15, 0.2) is 101 Å². The number of amides is 2. The number of carbonyl (C=O) groups excluding carboxylic acids is 5. The van der Waals surface area contributed by atoms with Crippen LogP contribution in [-0.2, 0) is 45.6 Å². The van der Waals surface area contributed by atoms with Crippen LogP contribution in [-0.4, -0.2) is 139 Å². The minimum Gasteiger partial charge on any atom is -0.464 e. The number of unbranched alkanes of at least 4 members (excludes halogenated alkanes) is 1. The van der Waals surface area contributed by atoms with Gasteiger partial charge in [-0.25, -0.2) is 0 Å². The number of halogens is 3. The van der Waals surface area contributed by atoms with Crippen LogP contribution in [0.2, 0.25) is 0 Å². The van der Waals surface area contributed by atoms with Crippen LogP contribution in [0.5, 0.6) is 0 Å². The number of aliphatic hydroxyl groups is 2. The Balaban J connectivity index is 1.09. The van der Waals surface area contributed by atoms with E-state index in [4.69, 9.17) is 14.2 Å². The largest absolute Gasteiger partial charge is 0.464 e. The number of benzene rings is 5. The molecular weight excluding hydrogens is 1020 g/mol. The fraction of sp³-hybridized carbons (Fsp3) is 0.517. The van der Waals surface area contributed by atoms with Crippen molar-refractivity contribution in [1.29, 1.82) is 0 Å². The first-order valence-electron chi connectivity index (χ1n) is 27.1. The summed E-state index contributed by atoms with van der Waals surface area (Å²) in [5.41, 5.74) is -1.57. The van der Waals surface area contributed by atoms with E-state index in [0.29, 0.717) is 45.1 Å². The van der Waals surface area contributed by atoms with Gasteiger partial charge in [0.05, 0.1) is 18.8 Å². The molecule has 0 spiro atoms. The summed E-state index contributed by atoms with van der Waals surface area (Å²) in [6.07, 6.45) is -2.27. The molecule has 16 nitrogen and oxygen atoms in total. The highest BCUT2D eigenvalue weighted by molar-refractivity contribution is 6.23. The van der Waals surface area contributed by atoms with Crippen molar-refractivity contribution in [2.75, 3.05) is 41.3 Å². The number of nitrogens with one attached hydrogen (secondary N) is 1. The van der Waals surface area contributed by atoms with E-state index in [1.54, 1.807) is 52.2 Å². The van der Waals surface area contributed by atoms with Crippen molar-refractivity contribution in [3.63, 3.8) is 0 Å². The number of hydrogen-bond donors (Lipinski definition) is 3. The average Bonchev–Trinajstić information content (AvgIpc) is 4.49. The van der Waals surface area contributed by atoms with Gasteiger partial charge in [0.15, 0.2) is 0 Å². The maximum absolute atomic E-state index is 14.2. The third-order valence-corrected chi connectivity index (χ3v) is 15.7. The number of aliphatic hydroxyl groups excluding tert-OH is 2. The van der Waals surface area contributed by atoms with Crippen LogP contribution in [0.25, 0.3) is 32.3 Å². The van der Waals surface area contributed by atoms with Crippen LogP contribution < -0.4 is 5.32 Å². The summed E-state index contributed by atoms with van der Waals surface area (Å²) in [6, 6.07) is 22.5. The predicted molar refractivity (Wildman–Crippen MR) is 296 cm³/mol. The molecule has 428 valence electrons. The van der Waals surface area contributed by atoms with Crippen LogP contribution in [0.4, 0.5) is 13.2 Å². The van der Waals surface area contributed by atoms with Crippen molar-refractivity contribution in [3.05, 3.63) is 108 Å². The zero-order valence-electron chi connectivity index (χ0n) is 46.9. The highest BCUT2D eigenvalue weighted by atomic mass is 19.4. The van der Waals surface area contributed by atoms with E-state index >= 15 is 0 Å². The molecule has 0 aromatic heterocycles. The van der Waals surface area contributed by atoms with Gasteiger partial charge in [0.25, 0.3) is 5.91 Å². The molecule has 5 aromatic rings. The number of carbonyl (C=O) groups is 5. The summed E-state index contributed by atoms with van der Waals surface area (Å²) in [4.78, 5) is 69.1. The molecule has 79 heavy (non-hydrogen) atoms. The maximum Gasteiger partial charge on any atom is 0.442 e. The first kappa shape index (κ1) is 61.7. The van der Waals surface area contributed by atoms with Crippen molar-refractivity contribution >= 4 is 62.5 Å². The highest BCUT2D eigenvalue weighted by Crippen LogP contribution is 2.52. The monoisotopic (exact) mass is 1100 g/mol. The number of nitrogens with zero attached hydrogens (tertiary/aromatic N) is 5. The predicted octanol–water partition coefficient (Wildman–Crippen LogP) is 9.54. The molecule has 10 atom stereocenters. The molecule has 0 radical (unpaired) electrons. The van der Waals surface area contributed by atoms with Crippen molar-refractivity contribution in [3.8, 4) is 0 Å². The first-order valence-corrected chi connectivity index (χ1v) is 27.1. The molecule has 1 heterocycles. The Bertz CT molecular complexity index is 2910. The topological polar surface area (TPSA) is 200 Å². The molecule has 6 rings (SSSR count). The minimum atomic E-state index is -4.68. The summed E-state index contributed by atoms with van der Waals surface area (Å²) in [6.45, 7) is 10.7. The van der Waals surface area contributed by atoms with Gasteiger partial charge in [0, 0.05) is 68.6 Å². The first-order chi connectivity index (χ1) is 37.4. The van der Waals surface area contributed by atoms with Crippen LogP contribution in [0.1, 0.15) is 102 Å². The third kappa shape index (κ3) is 15.2. The van der Waals surface area contributed by atoms with E-state index in [1.165, 1.54) is 41.5 Å². The molecule has 0 saturated carbocycles. The van der Waals surface area contributed by atoms with Gasteiger partial charge in [-0.2, -0.15) is 13.2 Å². The van der Waals surface area contributed by atoms with Gasteiger partial charge in [0.2, 0.25) is 6.41 Å². The Morgan fingerprint density at radius 1 is 0.759 bits per heavy atom. The Morgan fingerprint density at radius 3 is 2.00 bits per heavy atom. The van der Waals surface area contributed by atoms with E-state index < -0.39 is 89.9 Å². The van der Waals surface area contributed by atoms with Gasteiger partial charge in [-0.05, 0) is 116 Å². The van der Waals surface area contributed by atoms with Gasteiger partial charge in [-0.1, -0.05) is 101 Å². The van der Waals surface area contributed by atoms with Crippen molar-refractivity contribution < 1.29 is 61.6 Å². The number of likely N-dealkylation sites (N-methyl/N-ethyl adjacent to an activating group) is 2. The summed E-state index contributed by atoms with van der Waals surface area (Å²) in [5.74, 6) is -3.90. The number of esters is 3. The van der Waals surface area contributed by atoms with Gasteiger partial charge in [0.1, 0.15) is 24.3 Å². The lowest BCUT2D eigenvalue weighted by molar-refractivity contribution is -0.167. The summed E-state index contributed by atoms with van der Waals surface area (Å²) >= 11 is 0. The summed E-state index contributed by atoms with van der Waals surface area (Å²) in [5, 5.41) is 39.1. The van der Waals surface area contributed by atoms with Gasteiger partial charge < -0.3 is 34.6 Å². The second kappa shape index (κ2) is 27.1. The Labute approximate surface area is 460 Å². The average molecular weight is 1100 g/mol. The second-order valence-corrected chi connectivity index (χ2v) is 21.7. The highest BCUT2D eigenvalue weighted by Gasteiger charge is 2.65. The van der Waals surface area contributed by atoms with Gasteiger partial charge in [-0.3, -0.25) is 33.8 Å². The summed E-state index contributed by atoms with van der Waals surface area (Å²) in [7, 11) is 6.95. The van der Waals surface area contributed by atoms with E-state index in [0.717, 1.165) is 32.5 Å². The normalized spacial score (nSPS) is 17.2. The van der Waals surface area contributed by atoms with E-state index in [2.05, 4.69) is 64.1 Å². The lowest BCUT2D eigenvalue weighted by atomic mass is 9.82. The summed E-state index contributed by atoms with van der Waals surface area (Å²) < 4.78 is 58.4. The molecule has 19 heteroatoms. The maximum atomic E-state index is 14.2. The zero-order chi connectivity index (χ0) is 57.9. The lowest BCUT2D eigenvalue weighted by Crippen LogP contribution is -2.43.